The number of rotatable bonds is 7. The van der Waals surface area contributed by atoms with Crippen LogP contribution in [0.15, 0.2) is 56.9 Å². The van der Waals surface area contributed by atoms with E-state index in [4.69, 9.17) is 4.52 Å². The molecule has 0 aliphatic heterocycles. The molecule has 0 saturated heterocycles. The van der Waals surface area contributed by atoms with Crippen LogP contribution in [0.25, 0.3) is 22.4 Å². The lowest BCUT2D eigenvalue weighted by atomic mass is 10.1. The zero-order valence-corrected chi connectivity index (χ0v) is 19.6. The summed E-state index contributed by atoms with van der Waals surface area (Å²) in [5.74, 6) is 2.23. The Bertz CT molecular complexity index is 1520. The van der Waals surface area contributed by atoms with Gasteiger partial charge in [-0.25, -0.2) is 4.57 Å². The Labute approximate surface area is 194 Å². The number of hydrogen-bond acceptors (Lipinski definition) is 7. The van der Waals surface area contributed by atoms with Crippen molar-refractivity contribution in [3.8, 4) is 5.69 Å². The van der Waals surface area contributed by atoms with Crippen molar-refractivity contribution < 1.29 is 4.52 Å². The number of benzene rings is 2. The molecule has 8 nitrogen and oxygen atoms in total. The normalized spacial score (nSPS) is 11.6. The Kier molecular flexibility index (Phi) is 5.72. The Morgan fingerprint density at radius 2 is 1.91 bits per heavy atom. The van der Waals surface area contributed by atoms with E-state index >= 15 is 0 Å². The third-order valence-corrected chi connectivity index (χ3v) is 6.71. The van der Waals surface area contributed by atoms with Crippen molar-refractivity contribution in [2.45, 2.75) is 50.9 Å². The first-order chi connectivity index (χ1) is 16.1. The van der Waals surface area contributed by atoms with Gasteiger partial charge < -0.3 is 4.52 Å². The van der Waals surface area contributed by atoms with E-state index in [1.165, 1.54) is 11.8 Å². The van der Waals surface area contributed by atoms with E-state index < -0.39 is 0 Å². The number of aryl methyl sites for hydroxylation is 2. The maximum Gasteiger partial charge on any atom is 0.267 e. The molecule has 3 heterocycles. The summed E-state index contributed by atoms with van der Waals surface area (Å²) in [6.45, 7) is 6.18. The number of para-hydroxylation sites is 1. The van der Waals surface area contributed by atoms with Gasteiger partial charge in [0.2, 0.25) is 11.7 Å². The highest BCUT2D eigenvalue weighted by Gasteiger charge is 2.20. The molecule has 5 rings (SSSR count). The zero-order chi connectivity index (χ0) is 22.9. The van der Waals surface area contributed by atoms with Gasteiger partial charge in [0.25, 0.3) is 5.56 Å². The van der Waals surface area contributed by atoms with E-state index in [-0.39, 0.29) is 5.56 Å². The quantitative estimate of drug-likeness (QED) is 0.326. The summed E-state index contributed by atoms with van der Waals surface area (Å²) < 4.78 is 8.98. The van der Waals surface area contributed by atoms with Gasteiger partial charge in [-0.3, -0.25) is 9.20 Å². The zero-order valence-electron chi connectivity index (χ0n) is 18.8. The van der Waals surface area contributed by atoms with Crippen LogP contribution in [-0.4, -0.2) is 29.3 Å². The molecule has 2 aromatic carbocycles. The van der Waals surface area contributed by atoms with Crippen molar-refractivity contribution in [2.75, 3.05) is 0 Å². The molecule has 0 amide bonds. The van der Waals surface area contributed by atoms with Gasteiger partial charge in [-0.15, -0.1) is 10.2 Å². The smallest absolute Gasteiger partial charge is 0.267 e. The molecule has 0 aliphatic rings. The van der Waals surface area contributed by atoms with Gasteiger partial charge in [-0.2, -0.15) is 4.98 Å². The van der Waals surface area contributed by atoms with Crippen molar-refractivity contribution in [3.05, 3.63) is 75.7 Å². The van der Waals surface area contributed by atoms with Crippen LogP contribution < -0.4 is 5.56 Å². The summed E-state index contributed by atoms with van der Waals surface area (Å²) in [6, 6.07) is 13.5. The lowest BCUT2D eigenvalue weighted by Crippen LogP contribution is -2.22. The molecule has 0 fully saturated rings. The largest absolute Gasteiger partial charge is 0.338 e. The number of aromatic nitrogens is 6. The highest BCUT2D eigenvalue weighted by Crippen LogP contribution is 2.26. The van der Waals surface area contributed by atoms with E-state index in [2.05, 4.69) is 27.3 Å². The Hall–Kier alpha value is -3.46. The summed E-state index contributed by atoms with van der Waals surface area (Å²) in [6.07, 6.45) is 2.92. The van der Waals surface area contributed by atoms with Crippen LogP contribution in [0.1, 0.15) is 42.6 Å². The number of hydrogen-bond donors (Lipinski definition) is 0. The van der Waals surface area contributed by atoms with Crippen molar-refractivity contribution in [1.82, 2.24) is 29.3 Å². The Morgan fingerprint density at radius 1 is 1.06 bits per heavy atom. The highest BCUT2D eigenvalue weighted by atomic mass is 32.2. The molecule has 0 atom stereocenters. The van der Waals surface area contributed by atoms with E-state index in [0.717, 1.165) is 47.4 Å². The molecule has 168 valence electrons. The van der Waals surface area contributed by atoms with Crippen molar-refractivity contribution in [1.29, 1.82) is 0 Å². The molecule has 33 heavy (non-hydrogen) atoms. The fourth-order valence-electron chi connectivity index (χ4n) is 3.88. The average Bonchev–Trinajstić information content (AvgIpc) is 3.46. The average molecular weight is 461 g/mol. The molecular weight excluding hydrogens is 436 g/mol. The highest BCUT2D eigenvalue weighted by molar-refractivity contribution is 7.98. The minimum Gasteiger partial charge on any atom is -0.338 e. The number of unbranched alkanes of at least 4 members (excludes halogenated alkanes) is 1. The summed E-state index contributed by atoms with van der Waals surface area (Å²) in [4.78, 5) is 18.0. The van der Waals surface area contributed by atoms with Crippen LogP contribution in [-0.2, 0) is 12.2 Å². The summed E-state index contributed by atoms with van der Waals surface area (Å²) in [7, 11) is 0. The van der Waals surface area contributed by atoms with Crippen LogP contribution in [0.2, 0.25) is 0 Å². The Balaban J connectivity index is 1.62. The predicted octanol–water partition coefficient (Wildman–Crippen LogP) is 4.67. The van der Waals surface area contributed by atoms with Gasteiger partial charge >= 0.3 is 0 Å². The van der Waals surface area contributed by atoms with Gasteiger partial charge in [-0.05, 0) is 49.6 Å². The van der Waals surface area contributed by atoms with Crippen LogP contribution in [0.4, 0.5) is 0 Å². The lowest BCUT2D eigenvalue weighted by molar-refractivity contribution is 0.384. The van der Waals surface area contributed by atoms with E-state index in [9.17, 15) is 4.79 Å². The topological polar surface area (TPSA) is 91.1 Å². The first-order valence-electron chi connectivity index (χ1n) is 11.0. The predicted molar refractivity (Wildman–Crippen MR) is 128 cm³/mol. The molecule has 5 aromatic rings. The van der Waals surface area contributed by atoms with Crippen LogP contribution in [0.3, 0.4) is 0 Å². The van der Waals surface area contributed by atoms with Gasteiger partial charge in [0.05, 0.1) is 22.3 Å². The second-order valence-electron chi connectivity index (χ2n) is 7.99. The monoisotopic (exact) mass is 460 g/mol. The van der Waals surface area contributed by atoms with Crippen LogP contribution in [0.5, 0.6) is 0 Å². The molecule has 0 N–H and O–H groups in total. The Morgan fingerprint density at radius 3 is 2.76 bits per heavy atom. The summed E-state index contributed by atoms with van der Waals surface area (Å²) in [5.41, 5.74) is 3.58. The number of thioether (sulfide) groups is 1. The molecular formula is C24H24N6O2S. The van der Waals surface area contributed by atoms with Gasteiger partial charge in [0, 0.05) is 6.42 Å². The third-order valence-electron chi connectivity index (χ3n) is 5.80. The molecule has 0 aliphatic carbocycles. The van der Waals surface area contributed by atoms with Gasteiger partial charge in [0.15, 0.2) is 11.0 Å². The van der Waals surface area contributed by atoms with Crippen LogP contribution in [0, 0.1) is 13.8 Å². The molecule has 0 bridgehead atoms. The fourth-order valence-corrected chi connectivity index (χ4v) is 4.66. The first-order valence-corrected chi connectivity index (χ1v) is 12.0. The van der Waals surface area contributed by atoms with Crippen LogP contribution >= 0.6 is 11.8 Å². The molecule has 0 unspecified atom stereocenters. The van der Waals surface area contributed by atoms with E-state index in [1.54, 1.807) is 4.57 Å². The second kappa shape index (κ2) is 8.82. The summed E-state index contributed by atoms with van der Waals surface area (Å²) in [5, 5.41) is 14.2. The number of fused-ring (bicyclic) bond motifs is 3. The minimum absolute atomic E-state index is 0.117. The SMILES string of the molecule is CCCCc1noc(CSc2nnc3n(-c4cccc(C)c4C)c(=O)c4ccccc4n23)n1. The minimum atomic E-state index is -0.117. The molecule has 0 radical (unpaired) electrons. The molecule has 9 heteroatoms. The maximum atomic E-state index is 13.5. The lowest BCUT2D eigenvalue weighted by Gasteiger charge is -2.14. The van der Waals surface area contributed by atoms with Crippen molar-refractivity contribution >= 4 is 28.4 Å². The second-order valence-corrected chi connectivity index (χ2v) is 8.93. The van der Waals surface area contributed by atoms with E-state index in [1.807, 2.05) is 60.7 Å². The van der Waals surface area contributed by atoms with Crippen molar-refractivity contribution in [3.63, 3.8) is 0 Å². The fraction of sp³-hybridized carbons (Fsp3) is 0.292. The van der Waals surface area contributed by atoms with Gasteiger partial charge in [-0.1, -0.05) is 54.5 Å². The number of nitrogens with zero attached hydrogens (tertiary/aromatic N) is 6. The standard InChI is InChI=1S/C24H24N6O2S/c1-4-5-13-20-25-21(32-28-20)14-33-24-27-26-23-29(18-12-8-9-15(2)16(18)3)22(31)17-10-6-7-11-19(17)30(23)24/h6-12H,4-5,13-14H2,1-3H3. The van der Waals surface area contributed by atoms with E-state index in [0.29, 0.717) is 28.0 Å². The molecule has 0 spiro atoms. The third kappa shape index (κ3) is 3.82. The molecule has 3 aromatic heterocycles. The maximum absolute atomic E-state index is 13.5. The van der Waals surface area contributed by atoms with Gasteiger partial charge in [0.1, 0.15) is 0 Å². The summed E-state index contributed by atoms with van der Waals surface area (Å²) >= 11 is 1.46. The first kappa shape index (κ1) is 21.4. The van der Waals surface area contributed by atoms with Crippen molar-refractivity contribution in [2.24, 2.45) is 0 Å². The molecule has 0 saturated carbocycles.